The number of aromatic nitrogens is 3. The topological polar surface area (TPSA) is 83.0 Å². The van der Waals surface area contributed by atoms with Crippen LogP contribution in [-0.2, 0) is 9.59 Å². The van der Waals surface area contributed by atoms with E-state index in [0.29, 0.717) is 36.5 Å². The van der Waals surface area contributed by atoms with Crippen molar-refractivity contribution in [2.45, 2.75) is 64.5 Å². The van der Waals surface area contributed by atoms with Gasteiger partial charge in [0.1, 0.15) is 11.6 Å². The second-order valence-electron chi connectivity index (χ2n) is 7.49. The second kappa shape index (κ2) is 9.21. The quantitative estimate of drug-likeness (QED) is 0.646. The Morgan fingerprint density at radius 2 is 2.03 bits per heavy atom. The van der Waals surface area contributed by atoms with E-state index < -0.39 is 11.6 Å². The van der Waals surface area contributed by atoms with Crippen molar-refractivity contribution in [1.29, 1.82) is 0 Å². The van der Waals surface area contributed by atoms with Gasteiger partial charge in [0.25, 0.3) is 0 Å². The van der Waals surface area contributed by atoms with Crippen LogP contribution >= 0.6 is 23.6 Å². The fourth-order valence-corrected chi connectivity index (χ4v) is 5.06. The Balaban J connectivity index is 1.88. The normalized spacial score (nSPS) is 16.9. The molecule has 1 atom stereocenters. The molecule has 0 aromatic carbocycles. The molecule has 0 saturated heterocycles. The SMILES string of the molecule is CCN(CC)C(=O)C1(NC(=O)C(C)n2c(-c3cccs3)n[nH]c2=S)CCCCC1. The number of hydrogen-bond donors (Lipinski definition) is 2. The minimum Gasteiger partial charge on any atom is -0.341 e. The highest BCUT2D eigenvalue weighted by molar-refractivity contribution is 7.71. The molecule has 0 aliphatic heterocycles. The fraction of sp³-hybridized carbons (Fsp3) is 0.600. The van der Waals surface area contributed by atoms with Crippen molar-refractivity contribution < 1.29 is 9.59 Å². The molecule has 9 heteroatoms. The van der Waals surface area contributed by atoms with E-state index in [4.69, 9.17) is 12.2 Å². The summed E-state index contributed by atoms with van der Waals surface area (Å²) in [5.74, 6) is 0.458. The van der Waals surface area contributed by atoms with E-state index in [1.807, 2.05) is 36.3 Å². The highest BCUT2D eigenvalue weighted by Crippen LogP contribution is 2.32. The number of amides is 2. The number of likely N-dealkylation sites (N-methyl/N-ethyl adjacent to an activating group) is 1. The second-order valence-corrected chi connectivity index (χ2v) is 8.82. The van der Waals surface area contributed by atoms with E-state index in [1.165, 1.54) is 0 Å². The molecule has 0 spiro atoms. The predicted octanol–water partition coefficient (Wildman–Crippen LogP) is 3.92. The molecule has 2 heterocycles. The average molecular weight is 436 g/mol. The van der Waals surface area contributed by atoms with Crippen LogP contribution in [-0.4, -0.2) is 50.1 Å². The minimum absolute atomic E-state index is 0.0250. The van der Waals surface area contributed by atoms with Crippen LogP contribution in [0.2, 0.25) is 0 Å². The van der Waals surface area contributed by atoms with Gasteiger partial charge in [0.05, 0.1) is 4.88 Å². The van der Waals surface area contributed by atoms with Crippen molar-refractivity contribution in [2.75, 3.05) is 13.1 Å². The number of thiophene rings is 1. The van der Waals surface area contributed by atoms with Gasteiger partial charge in [0.2, 0.25) is 11.8 Å². The predicted molar refractivity (Wildman–Crippen MR) is 117 cm³/mol. The Labute approximate surface area is 180 Å². The molecule has 0 bridgehead atoms. The lowest BCUT2D eigenvalue weighted by molar-refractivity contribution is -0.143. The van der Waals surface area contributed by atoms with Crippen molar-refractivity contribution in [3.8, 4) is 10.7 Å². The third kappa shape index (κ3) is 4.30. The van der Waals surface area contributed by atoms with Gasteiger partial charge in [-0.3, -0.25) is 19.3 Å². The standard InChI is InChI=1S/C20H29N5O2S2/c1-4-24(5-2)18(27)20(11-7-6-8-12-20)21-17(26)14(3)25-16(22-23-19(25)28)15-10-9-13-29-15/h9-10,13-14H,4-8,11-12H2,1-3H3,(H,21,26)(H,23,28). The third-order valence-electron chi connectivity index (χ3n) is 5.74. The Morgan fingerprint density at radius 1 is 1.34 bits per heavy atom. The summed E-state index contributed by atoms with van der Waals surface area (Å²) >= 11 is 6.94. The summed E-state index contributed by atoms with van der Waals surface area (Å²) in [5, 5.41) is 12.2. The molecule has 2 aromatic heterocycles. The molecule has 2 aromatic rings. The lowest BCUT2D eigenvalue weighted by Gasteiger charge is -2.40. The Kier molecular flexibility index (Phi) is 6.89. The van der Waals surface area contributed by atoms with Gasteiger partial charge in [-0.1, -0.05) is 25.3 Å². The van der Waals surface area contributed by atoms with Crippen molar-refractivity contribution >= 4 is 35.4 Å². The van der Waals surface area contributed by atoms with Gasteiger partial charge < -0.3 is 10.2 Å². The van der Waals surface area contributed by atoms with Gasteiger partial charge in [-0.25, -0.2) is 0 Å². The van der Waals surface area contributed by atoms with E-state index in [9.17, 15) is 9.59 Å². The number of carbonyl (C=O) groups is 2. The summed E-state index contributed by atoms with van der Waals surface area (Å²) in [6, 6.07) is 3.30. The maximum atomic E-state index is 13.3. The zero-order valence-corrected chi connectivity index (χ0v) is 18.9. The Hall–Kier alpha value is -2.00. The van der Waals surface area contributed by atoms with Gasteiger partial charge in [-0.2, -0.15) is 5.10 Å². The molecule has 2 amide bonds. The van der Waals surface area contributed by atoms with Gasteiger partial charge in [-0.15, -0.1) is 11.3 Å². The number of hydrogen-bond acceptors (Lipinski definition) is 5. The summed E-state index contributed by atoms with van der Waals surface area (Å²) in [7, 11) is 0. The Morgan fingerprint density at radius 3 is 2.62 bits per heavy atom. The van der Waals surface area contributed by atoms with Gasteiger partial charge >= 0.3 is 0 Å². The van der Waals surface area contributed by atoms with Gasteiger partial charge in [0.15, 0.2) is 10.6 Å². The van der Waals surface area contributed by atoms with Crippen LogP contribution in [0, 0.1) is 4.77 Å². The van der Waals surface area contributed by atoms with Crippen LogP contribution in [0.3, 0.4) is 0 Å². The van der Waals surface area contributed by atoms with E-state index in [2.05, 4.69) is 15.5 Å². The number of rotatable bonds is 7. The van der Waals surface area contributed by atoms with Crippen molar-refractivity contribution in [3.05, 3.63) is 22.3 Å². The largest absolute Gasteiger partial charge is 0.341 e. The lowest BCUT2D eigenvalue weighted by Crippen LogP contribution is -2.61. The smallest absolute Gasteiger partial charge is 0.248 e. The van der Waals surface area contributed by atoms with Crippen LogP contribution in [0.4, 0.5) is 0 Å². The molecule has 1 unspecified atom stereocenters. The number of H-pyrrole nitrogens is 1. The molecule has 158 valence electrons. The van der Waals surface area contributed by atoms with Crippen molar-refractivity contribution in [3.63, 3.8) is 0 Å². The number of nitrogens with zero attached hydrogens (tertiary/aromatic N) is 3. The highest BCUT2D eigenvalue weighted by Gasteiger charge is 2.43. The van der Waals surface area contributed by atoms with E-state index in [-0.39, 0.29) is 11.8 Å². The molecule has 7 nitrogen and oxygen atoms in total. The molecule has 1 saturated carbocycles. The maximum absolute atomic E-state index is 13.3. The van der Waals surface area contributed by atoms with Crippen LogP contribution in [0.15, 0.2) is 17.5 Å². The maximum Gasteiger partial charge on any atom is 0.248 e. The zero-order valence-electron chi connectivity index (χ0n) is 17.2. The first-order valence-electron chi connectivity index (χ1n) is 10.3. The first-order chi connectivity index (χ1) is 13.9. The van der Waals surface area contributed by atoms with Gasteiger partial charge in [0, 0.05) is 13.1 Å². The molecule has 1 aliphatic carbocycles. The third-order valence-corrected chi connectivity index (χ3v) is 6.90. The first-order valence-corrected chi connectivity index (χ1v) is 11.5. The van der Waals surface area contributed by atoms with Crippen LogP contribution < -0.4 is 5.32 Å². The van der Waals surface area contributed by atoms with Crippen LogP contribution in [0.1, 0.15) is 58.9 Å². The number of carbonyl (C=O) groups excluding carboxylic acids is 2. The molecule has 2 N–H and O–H groups in total. The van der Waals surface area contributed by atoms with Crippen LogP contribution in [0.25, 0.3) is 10.7 Å². The van der Waals surface area contributed by atoms with Crippen molar-refractivity contribution in [1.82, 2.24) is 25.0 Å². The zero-order chi connectivity index (χ0) is 21.0. The summed E-state index contributed by atoms with van der Waals surface area (Å²) in [6.07, 6.45) is 4.32. The molecule has 1 aliphatic rings. The summed E-state index contributed by atoms with van der Waals surface area (Å²) in [5.41, 5.74) is -0.829. The van der Waals surface area contributed by atoms with Gasteiger partial charge in [-0.05, 0) is 57.3 Å². The first kappa shape index (κ1) is 21.7. The molecule has 29 heavy (non-hydrogen) atoms. The molecule has 1 fully saturated rings. The molecule has 3 rings (SSSR count). The minimum atomic E-state index is -0.829. The molecule has 0 radical (unpaired) electrons. The van der Waals surface area contributed by atoms with E-state index in [0.717, 1.165) is 24.1 Å². The average Bonchev–Trinajstić information content (AvgIpc) is 3.38. The number of aromatic amines is 1. The van der Waals surface area contributed by atoms with Crippen molar-refractivity contribution in [2.24, 2.45) is 0 Å². The number of nitrogens with one attached hydrogen (secondary N) is 2. The fourth-order valence-electron chi connectivity index (χ4n) is 4.06. The van der Waals surface area contributed by atoms with Crippen LogP contribution in [0.5, 0.6) is 0 Å². The molecular weight excluding hydrogens is 406 g/mol. The summed E-state index contributed by atoms with van der Waals surface area (Å²) < 4.78 is 2.12. The Bertz CT molecular complexity index is 892. The van der Waals surface area contributed by atoms with E-state index >= 15 is 0 Å². The summed E-state index contributed by atoms with van der Waals surface area (Å²) in [6.45, 7) is 7.02. The lowest BCUT2D eigenvalue weighted by atomic mass is 9.80. The monoisotopic (exact) mass is 435 g/mol. The molecular formula is C20H29N5O2S2. The van der Waals surface area contributed by atoms with E-state index in [1.54, 1.807) is 22.8 Å². The summed E-state index contributed by atoms with van der Waals surface area (Å²) in [4.78, 5) is 29.4. The highest BCUT2D eigenvalue weighted by atomic mass is 32.1.